The summed E-state index contributed by atoms with van der Waals surface area (Å²) in [6, 6.07) is 84.2. The molecule has 1 heterocycles. The maximum atomic E-state index is 5.01. The van der Waals surface area contributed by atoms with Gasteiger partial charge in [-0.15, -0.1) is 0 Å². The molecule has 0 saturated carbocycles. The molecule has 0 aromatic heterocycles. The molecule has 7 heteroatoms. The number of hydrogen-bond donors (Lipinski definition) is 0. The van der Waals surface area contributed by atoms with Gasteiger partial charge in [-0.05, 0) is 138 Å². The molecule has 324 valence electrons. The van der Waals surface area contributed by atoms with Crippen LogP contribution in [0.3, 0.4) is 0 Å². The smallest absolute Gasteiger partial charge is 0.0653 e. The summed E-state index contributed by atoms with van der Waals surface area (Å²) in [4.78, 5) is 2.29. The monoisotopic (exact) mass is 867 g/mol. The fourth-order valence-electron chi connectivity index (χ4n) is 8.38. The Morgan fingerprint density at radius 1 is 0.373 bits per heavy atom. The Morgan fingerprint density at radius 3 is 1.19 bits per heavy atom. The molecule has 9 aromatic rings. The van der Waals surface area contributed by atoms with Gasteiger partial charge in [0.25, 0.3) is 0 Å². The zero-order chi connectivity index (χ0) is 45.2. The van der Waals surface area contributed by atoms with Crippen molar-refractivity contribution in [1.82, 2.24) is 0 Å². The molecule has 0 spiro atoms. The Labute approximate surface area is 393 Å². The van der Waals surface area contributed by atoms with E-state index in [1.54, 1.807) is 0 Å². The number of hydrogen-bond acceptors (Lipinski definition) is 7. The number of hydrazone groups is 3. The molecule has 1 atom stereocenters. The molecule has 9 aromatic carbocycles. The third-order valence-electron chi connectivity index (χ3n) is 11.8. The van der Waals surface area contributed by atoms with Crippen molar-refractivity contribution in [3.8, 4) is 11.1 Å². The van der Waals surface area contributed by atoms with E-state index in [0.717, 1.165) is 74.0 Å². The molecule has 7 nitrogen and oxygen atoms in total. The number of rotatable bonds is 14. The van der Waals surface area contributed by atoms with Gasteiger partial charge >= 0.3 is 0 Å². The van der Waals surface area contributed by atoms with E-state index in [0.29, 0.717) is 6.04 Å². The summed E-state index contributed by atoms with van der Waals surface area (Å²) < 4.78 is 0. The van der Waals surface area contributed by atoms with Crippen molar-refractivity contribution in [2.24, 2.45) is 15.3 Å². The lowest BCUT2D eigenvalue weighted by Crippen LogP contribution is -2.23. The van der Waals surface area contributed by atoms with E-state index >= 15 is 0 Å². The first-order chi connectivity index (χ1) is 33.1. The number of benzene rings is 9. The summed E-state index contributed by atoms with van der Waals surface area (Å²) in [6.45, 7) is 2.22. The topological polar surface area (TPSA) is 50.0 Å². The van der Waals surface area contributed by atoms with Crippen LogP contribution in [0.5, 0.6) is 0 Å². The van der Waals surface area contributed by atoms with Gasteiger partial charge in [0.15, 0.2) is 0 Å². The Kier molecular flexibility index (Phi) is 12.5. The van der Waals surface area contributed by atoms with Gasteiger partial charge in [0.2, 0.25) is 0 Å². The van der Waals surface area contributed by atoms with Crippen molar-refractivity contribution in [2.45, 2.75) is 19.4 Å². The summed E-state index contributed by atoms with van der Waals surface area (Å²) >= 11 is 0. The Bertz CT molecular complexity index is 3040. The first-order valence-electron chi connectivity index (χ1n) is 22.6. The molecule has 1 aliphatic heterocycles. The minimum absolute atomic E-state index is 0.326. The molecular weight excluding hydrogens is 819 g/mol. The summed E-state index contributed by atoms with van der Waals surface area (Å²) in [7, 11) is 0. The minimum atomic E-state index is 0.326. The largest absolute Gasteiger partial charge is 0.311 e. The SMILES string of the molecule is CC1Cc2ccccc2N1N=Cc1ccc(N(c2ccccc2)c2ccc(-c3ccc(N(N=Cc4ccc(C=NN(c5ccccc5)c5ccccc5)cc4)c4ccccc4)cc3)cc2)cc1. The second-order valence-electron chi connectivity index (χ2n) is 16.4. The third-order valence-corrected chi connectivity index (χ3v) is 11.8. The van der Waals surface area contributed by atoms with Crippen LogP contribution in [0.1, 0.15) is 29.2 Å². The molecule has 67 heavy (non-hydrogen) atoms. The van der Waals surface area contributed by atoms with Gasteiger partial charge in [0.05, 0.1) is 53.1 Å². The molecule has 0 N–H and O–H groups in total. The van der Waals surface area contributed by atoms with E-state index < -0.39 is 0 Å². The second kappa shape index (κ2) is 19.9. The van der Waals surface area contributed by atoms with E-state index in [1.807, 2.05) is 83.3 Å². The zero-order valence-corrected chi connectivity index (χ0v) is 37.2. The quantitative estimate of drug-likeness (QED) is 0.0807. The zero-order valence-electron chi connectivity index (χ0n) is 37.2. The van der Waals surface area contributed by atoms with Crippen LogP contribution in [0.25, 0.3) is 11.1 Å². The summed E-state index contributed by atoms with van der Waals surface area (Å²) in [6.07, 6.45) is 6.75. The van der Waals surface area contributed by atoms with Gasteiger partial charge in [-0.2, -0.15) is 15.3 Å². The van der Waals surface area contributed by atoms with Crippen LogP contribution in [-0.2, 0) is 6.42 Å². The highest BCUT2D eigenvalue weighted by Gasteiger charge is 2.25. The van der Waals surface area contributed by atoms with Crippen LogP contribution in [0.15, 0.2) is 258 Å². The first kappa shape index (κ1) is 42.2. The highest BCUT2D eigenvalue weighted by molar-refractivity contribution is 5.87. The Balaban J connectivity index is 0.847. The fraction of sp³-hybridized carbons (Fsp3) is 0.0500. The summed E-state index contributed by atoms with van der Waals surface area (Å²) in [5, 5.41) is 20.8. The van der Waals surface area contributed by atoms with Crippen molar-refractivity contribution in [1.29, 1.82) is 0 Å². The lowest BCUT2D eigenvalue weighted by molar-refractivity contribution is 0.700. The Morgan fingerprint density at radius 2 is 0.716 bits per heavy atom. The molecule has 0 saturated heterocycles. The predicted molar refractivity (Wildman–Crippen MR) is 281 cm³/mol. The number of para-hydroxylation sites is 5. The number of nitrogens with zero attached hydrogens (tertiary/aromatic N) is 7. The van der Waals surface area contributed by atoms with Gasteiger partial charge in [0, 0.05) is 17.1 Å². The lowest BCUT2D eigenvalue weighted by Gasteiger charge is -2.26. The average Bonchev–Trinajstić information content (AvgIpc) is 3.72. The van der Waals surface area contributed by atoms with Crippen LogP contribution in [0.2, 0.25) is 0 Å². The van der Waals surface area contributed by atoms with Crippen molar-refractivity contribution >= 4 is 64.1 Å². The second-order valence-corrected chi connectivity index (χ2v) is 16.4. The van der Waals surface area contributed by atoms with Crippen LogP contribution in [-0.4, -0.2) is 24.7 Å². The van der Waals surface area contributed by atoms with Gasteiger partial charge in [-0.1, -0.05) is 152 Å². The van der Waals surface area contributed by atoms with Gasteiger partial charge < -0.3 is 4.90 Å². The number of fused-ring (bicyclic) bond motifs is 1. The fourth-order valence-corrected chi connectivity index (χ4v) is 8.38. The van der Waals surface area contributed by atoms with Crippen molar-refractivity contribution in [3.63, 3.8) is 0 Å². The highest BCUT2D eigenvalue weighted by Crippen LogP contribution is 2.37. The van der Waals surface area contributed by atoms with Gasteiger partial charge in [0.1, 0.15) is 0 Å². The lowest BCUT2D eigenvalue weighted by atomic mass is 10.0. The highest BCUT2D eigenvalue weighted by atomic mass is 15.5. The van der Waals surface area contributed by atoms with Crippen molar-refractivity contribution in [3.05, 3.63) is 265 Å². The summed E-state index contributed by atoms with van der Waals surface area (Å²) in [5.74, 6) is 0. The normalized spacial score (nSPS) is 13.3. The standard InChI is InChI=1S/C60H49N7/c1-46-42-52-16-14-15-25-60(52)65(46)61-43-49-30-36-54(37-31-49)64(53-17-6-2-7-18-53)55-38-32-50(33-39-55)51-34-40-59(41-35-51)67(58-23-12-5-13-24-58)63-45-48-28-26-47(27-29-48)44-62-66(56-19-8-3-9-20-56)57-21-10-4-11-22-57/h2-41,43-46H,42H2,1H3. The van der Waals surface area contributed by atoms with E-state index in [2.05, 4.69) is 205 Å². The average molecular weight is 868 g/mol. The molecule has 0 amide bonds. The Hall–Kier alpha value is -8.81. The molecule has 0 bridgehead atoms. The van der Waals surface area contributed by atoms with E-state index in [-0.39, 0.29) is 0 Å². The molecule has 1 aliphatic rings. The maximum absolute atomic E-state index is 5.01. The molecule has 0 radical (unpaired) electrons. The molecule has 10 rings (SSSR count). The van der Waals surface area contributed by atoms with Crippen LogP contribution < -0.4 is 19.9 Å². The molecule has 1 unspecified atom stereocenters. The van der Waals surface area contributed by atoms with E-state index in [9.17, 15) is 0 Å². The maximum Gasteiger partial charge on any atom is 0.0653 e. The molecular formula is C60H49N7. The third kappa shape index (κ3) is 9.82. The summed E-state index contributed by atoms with van der Waals surface area (Å²) in [5.41, 5.74) is 14.9. The first-order valence-corrected chi connectivity index (χ1v) is 22.6. The van der Waals surface area contributed by atoms with E-state index in [4.69, 9.17) is 15.3 Å². The van der Waals surface area contributed by atoms with Crippen molar-refractivity contribution in [2.75, 3.05) is 19.9 Å². The number of anilines is 8. The van der Waals surface area contributed by atoms with E-state index in [1.165, 1.54) is 11.3 Å². The predicted octanol–water partition coefficient (Wildman–Crippen LogP) is 15.0. The minimum Gasteiger partial charge on any atom is -0.311 e. The molecule has 0 fully saturated rings. The van der Waals surface area contributed by atoms with Crippen LogP contribution >= 0.6 is 0 Å². The molecule has 0 aliphatic carbocycles. The van der Waals surface area contributed by atoms with Crippen LogP contribution in [0.4, 0.5) is 45.5 Å². The van der Waals surface area contributed by atoms with Gasteiger partial charge in [-0.25, -0.2) is 10.0 Å². The van der Waals surface area contributed by atoms with Crippen molar-refractivity contribution < 1.29 is 0 Å². The van der Waals surface area contributed by atoms with Gasteiger partial charge in [-0.3, -0.25) is 5.01 Å². The van der Waals surface area contributed by atoms with Crippen LogP contribution in [0, 0.1) is 0 Å².